The van der Waals surface area contributed by atoms with Crippen molar-refractivity contribution in [3.05, 3.63) is 24.0 Å². The summed E-state index contributed by atoms with van der Waals surface area (Å²) in [5.41, 5.74) is 1.12. The Kier molecular flexibility index (Phi) is 4.15. The van der Waals surface area contributed by atoms with Crippen LogP contribution in [0.2, 0.25) is 0 Å². The molecule has 1 rings (SSSR count). The van der Waals surface area contributed by atoms with E-state index in [2.05, 4.69) is 15.6 Å². The highest BCUT2D eigenvalue weighted by Crippen LogP contribution is 1.94. The molecule has 0 saturated heterocycles. The summed E-state index contributed by atoms with van der Waals surface area (Å²) in [4.78, 5) is 13.5. The standard InChI is InChI=1S/C9H15N3O2/c1-10-8(9(13)14)6-12-5-7-2-3-11-4-7/h2-4,8,10-12H,5-6H2,1H3,(H,13,14). The highest BCUT2D eigenvalue weighted by atomic mass is 16.4. The fraction of sp³-hybridized carbons (Fsp3) is 0.444. The molecule has 1 atom stereocenters. The SMILES string of the molecule is CNC(CNCc1cc[nH]c1)C(=O)O. The van der Waals surface area contributed by atoms with Crippen molar-refractivity contribution in [3.8, 4) is 0 Å². The number of aliphatic carboxylic acids is 1. The summed E-state index contributed by atoms with van der Waals surface area (Å²) in [5.74, 6) is -0.839. The van der Waals surface area contributed by atoms with Gasteiger partial charge in [-0.2, -0.15) is 0 Å². The number of hydrogen-bond donors (Lipinski definition) is 4. The number of carboxylic acids is 1. The van der Waals surface area contributed by atoms with Gasteiger partial charge < -0.3 is 20.7 Å². The zero-order valence-electron chi connectivity index (χ0n) is 8.08. The van der Waals surface area contributed by atoms with Gasteiger partial charge in [0, 0.05) is 25.5 Å². The Morgan fingerprint density at radius 3 is 3.00 bits per heavy atom. The molecule has 0 radical (unpaired) electrons. The van der Waals surface area contributed by atoms with Crippen LogP contribution >= 0.6 is 0 Å². The molecule has 4 N–H and O–H groups in total. The molecule has 78 valence electrons. The second kappa shape index (κ2) is 5.41. The maximum atomic E-state index is 10.6. The average Bonchev–Trinajstić information content (AvgIpc) is 2.64. The first kappa shape index (κ1) is 10.7. The van der Waals surface area contributed by atoms with E-state index in [0.29, 0.717) is 13.1 Å². The van der Waals surface area contributed by atoms with E-state index in [-0.39, 0.29) is 0 Å². The predicted octanol–water partition coefficient (Wildman–Crippen LogP) is -0.223. The summed E-state index contributed by atoms with van der Waals surface area (Å²) < 4.78 is 0. The minimum Gasteiger partial charge on any atom is -0.480 e. The molecule has 0 spiro atoms. The second-order valence-corrected chi connectivity index (χ2v) is 3.03. The Labute approximate surface area is 82.5 Å². The third-order valence-electron chi connectivity index (χ3n) is 1.99. The third kappa shape index (κ3) is 3.20. The van der Waals surface area contributed by atoms with Gasteiger partial charge in [0.1, 0.15) is 6.04 Å². The van der Waals surface area contributed by atoms with E-state index < -0.39 is 12.0 Å². The molecule has 0 aliphatic heterocycles. The molecular weight excluding hydrogens is 182 g/mol. The molecule has 1 aromatic heterocycles. The van der Waals surface area contributed by atoms with E-state index in [4.69, 9.17) is 5.11 Å². The Balaban J connectivity index is 2.23. The van der Waals surface area contributed by atoms with Crippen molar-refractivity contribution in [1.82, 2.24) is 15.6 Å². The van der Waals surface area contributed by atoms with E-state index in [1.54, 1.807) is 7.05 Å². The molecule has 0 bridgehead atoms. The molecule has 5 heteroatoms. The van der Waals surface area contributed by atoms with Gasteiger partial charge in [0.05, 0.1) is 0 Å². The van der Waals surface area contributed by atoms with Gasteiger partial charge in [-0.05, 0) is 18.7 Å². The number of nitrogens with one attached hydrogen (secondary N) is 3. The van der Waals surface area contributed by atoms with Gasteiger partial charge in [-0.15, -0.1) is 0 Å². The van der Waals surface area contributed by atoms with Crippen LogP contribution in [-0.2, 0) is 11.3 Å². The van der Waals surface area contributed by atoms with Gasteiger partial charge in [0.2, 0.25) is 0 Å². The van der Waals surface area contributed by atoms with E-state index in [9.17, 15) is 4.79 Å². The van der Waals surface area contributed by atoms with Crippen LogP contribution in [0, 0.1) is 0 Å². The first-order chi connectivity index (χ1) is 6.74. The van der Waals surface area contributed by atoms with E-state index in [1.165, 1.54) is 0 Å². The van der Waals surface area contributed by atoms with Crippen molar-refractivity contribution >= 4 is 5.97 Å². The van der Waals surface area contributed by atoms with Crippen molar-refractivity contribution in [3.63, 3.8) is 0 Å². The van der Waals surface area contributed by atoms with Gasteiger partial charge in [-0.1, -0.05) is 0 Å². The van der Waals surface area contributed by atoms with Gasteiger partial charge in [-0.3, -0.25) is 4.79 Å². The normalized spacial score (nSPS) is 12.6. The molecule has 0 aliphatic carbocycles. The lowest BCUT2D eigenvalue weighted by Crippen LogP contribution is -2.42. The van der Waals surface area contributed by atoms with Crippen LogP contribution in [0.4, 0.5) is 0 Å². The van der Waals surface area contributed by atoms with Crippen LogP contribution in [0.5, 0.6) is 0 Å². The van der Waals surface area contributed by atoms with Crippen LogP contribution in [-0.4, -0.2) is 35.7 Å². The van der Waals surface area contributed by atoms with E-state index in [1.807, 2.05) is 18.5 Å². The number of carbonyl (C=O) groups is 1. The summed E-state index contributed by atoms with van der Waals surface area (Å²) in [6.07, 6.45) is 3.71. The Morgan fingerprint density at radius 2 is 2.50 bits per heavy atom. The number of hydrogen-bond acceptors (Lipinski definition) is 3. The van der Waals surface area contributed by atoms with Gasteiger partial charge in [-0.25, -0.2) is 0 Å². The van der Waals surface area contributed by atoms with Crippen molar-refractivity contribution < 1.29 is 9.90 Å². The largest absolute Gasteiger partial charge is 0.480 e. The lowest BCUT2D eigenvalue weighted by Gasteiger charge is -2.11. The highest BCUT2D eigenvalue weighted by molar-refractivity contribution is 5.73. The Hall–Kier alpha value is -1.33. The van der Waals surface area contributed by atoms with Crippen LogP contribution < -0.4 is 10.6 Å². The molecule has 0 amide bonds. The van der Waals surface area contributed by atoms with E-state index in [0.717, 1.165) is 5.56 Å². The zero-order valence-corrected chi connectivity index (χ0v) is 8.08. The van der Waals surface area contributed by atoms with Crippen LogP contribution in [0.15, 0.2) is 18.5 Å². The molecule has 0 aliphatic rings. The molecule has 1 unspecified atom stereocenters. The third-order valence-corrected chi connectivity index (χ3v) is 1.99. The first-order valence-corrected chi connectivity index (χ1v) is 4.46. The smallest absolute Gasteiger partial charge is 0.322 e. The zero-order chi connectivity index (χ0) is 10.4. The van der Waals surface area contributed by atoms with Crippen molar-refractivity contribution in [2.45, 2.75) is 12.6 Å². The molecule has 1 heterocycles. The van der Waals surface area contributed by atoms with Crippen LogP contribution in [0.3, 0.4) is 0 Å². The maximum absolute atomic E-state index is 10.6. The van der Waals surface area contributed by atoms with Gasteiger partial charge in [0.25, 0.3) is 0 Å². The second-order valence-electron chi connectivity index (χ2n) is 3.03. The molecule has 5 nitrogen and oxygen atoms in total. The number of likely N-dealkylation sites (N-methyl/N-ethyl adjacent to an activating group) is 1. The first-order valence-electron chi connectivity index (χ1n) is 4.46. The molecule has 1 aromatic rings. The van der Waals surface area contributed by atoms with Crippen LogP contribution in [0.25, 0.3) is 0 Å². The molecule has 0 fully saturated rings. The Bertz CT molecular complexity index is 272. The lowest BCUT2D eigenvalue weighted by molar-refractivity contribution is -0.139. The summed E-state index contributed by atoms with van der Waals surface area (Å²) in [6.45, 7) is 1.09. The number of rotatable bonds is 6. The molecular formula is C9H15N3O2. The number of aromatic amines is 1. The van der Waals surface area contributed by atoms with Gasteiger partial charge in [0.15, 0.2) is 0 Å². The molecule has 0 aromatic carbocycles. The number of carboxylic acid groups (broad SMARTS) is 1. The Morgan fingerprint density at radius 1 is 1.71 bits per heavy atom. The summed E-state index contributed by atoms with van der Waals surface area (Å²) in [6, 6.07) is 1.41. The highest BCUT2D eigenvalue weighted by Gasteiger charge is 2.13. The summed E-state index contributed by atoms with van der Waals surface area (Å²) >= 11 is 0. The summed E-state index contributed by atoms with van der Waals surface area (Å²) in [7, 11) is 1.64. The lowest BCUT2D eigenvalue weighted by atomic mass is 10.3. The number of H-pyrrole nitrogens is 1. The molecule has 14 heavy (non-hydrogen) atoms. The van der Waals surface area contributed by atoms with Crippen LogP contribution in [0.1, 0.15) is 5.56 Å². The van der Waals surface area contributed by atoms with Crippen molar-refractivity contribution in [1.29, 1.82) is 0 Å². The monoisotopic (exact) mass is 197 g/mol. The minimum absolute atomic E-state index is 0.414. The topological polar surface area (TPSA) is 77.1 Å². The maximum Gasteiger partial charge on any atom is 0.322 e. The summed E-state index contributed by atoms with van der Waals surface area (Å²) in [5, 5.41) is 14.5. The van der Waals surface area contributed by atoms with Crippen molar-refractivity contribution in [2.24, 2.45) is 0 Å². The fourth-order valence-electron chi connectivity index (χ4n) is 1.14. The quantitative estimate of drug-likeness (QED) is 0.508. The minimum atomic E-state index is -0.839. The van der Waals surface area contributed by atoms with Crippen molar-refractivity contribution in [2.75, 3.05) is 13.6 Å². The fourth-order valence-corrected chi connectivity index (χ4v) is 1.14. The van der Waals surface area contributed by atoms with E-state index >= 15 is 0 Å². The average molecular weight is 197 g/mol. The predicted molar refractivity (Wildman–Crippen MR) is 53.0 cm³/mol. The molecule has 0 saturated carbocycles. The number of aromatic nitrogens is 1. The van der Waals surface area contributed by atoms with Gasteiger partial charge >= 0.3 is 5.97 Å².